The summed E-state index contributed by atoms with van der Waals surface area (Å²) >= 11 is 3.46. The van der Waals surface area contributed by atoms with E-state index in [1.807, 2.05) is 0 Å². The molecule has 1 aliphatic carbocycles. The van der Waals surface area contributed by atoms with E-state index in [-0.39, 0.29) is 17.2 Å². The first kappa shape index (κ1) is 13.0. The van der Waals surface area contributed by atoms with Crippen LogP contribution in [0.3, 0.4) is 0 Å². The molecule has 1 rings (SSSR count). The zero-order chi connectivity index (χ0) is 11.5. The van der Waals surface area contributed by atoms with E-state index in [1.165, 1.54) is 6.42 Å². The van der Waals surface area contributed by atoms with Gasteiger partial charge in [0, 0.05) is 17.8 Å². The molecule has 0 heterocycles. The molecule has 3 heteroatoms. The lowest BCUT2D eigenvalue weighted by Crippen LogP contribution is -2.27. The summed E-state index contributed by atoms with van der Waals surface area (Å²) in [6.45, 7) is 7.37. The number of nitrogens with one attached hydrogen (secondary N) is 1. The lowest BCUT2D eigenvalue weighted by atomic mass is 10.1. The van der Waals surface area contributed by atoms with Crippen LogP contribution in [0, 0.1) is 17.3 Å². The van der Waals surface area contributed by atoms with Crippen molar-refractivity contribution in [3.8, 4) is 0 Å². The van der Waals surface area contributed by atoms with Crippen molar-refractivity contribution in [2.75, 3.05) is 11.9 Å². The zero-order valence-electron chi connectivity index (χ0n) is 9.98. The standard InChI is InChI=1S/C12H22BrNO/c1-9(8-13)5-4-6-14-11(15)10-7-12(10,2)3/h9-10H,4-8H2,1-3H3,(H,14,15). The van der Waals surface area contributed by atoms with Crippen LogP contribution in [0.15, 0.2) is 0 Å². The van der Waals surface area contributed by atoms with Crippen molar-refractivity contribution in [2.24, 2.45) is 17.3 Å². The maximum absolute atomic E-state index is 11.6. The van der Waals surface area contributed by atoms with Gasteiger partial charge in [0.2, 0.25) is 5.91 Å². The van der Waals surface area contributed by atoms with E-state index in [4.69, 9.17) is 0 Å². The van der Waals surface area contributed by atoms with E-state index in [0.717, 1.165) is 24.7 Å². The van der Waals surface area contributed by atoms with Crippen LogP contribution in [-0.2, 0) is 4.79 Å². The lowest BCUT2D eigenvalue weighted by molar-refractivity contribution is -0.122. The average molecular weight is 276 g/mol. The molecule has 15 heavy (non-hydrogen) atoms. The number of halogens is 1. The largest absolute Gasteiger partial charge is 0.356 e. The van der Waals surface area contributed by atoms with Gasteiger partial charge in [-0.2, -0.15) is 0 Å². The van der Waals surface area contributed by atoms with Gasteiger partial charge in [0.05, 0.1) is 0 Å². The van der Waals surface area contributed by atoms with Crippen LogP contribution in [0.25, 0.3) is 0 Å². The third-order valence-corrected chi connectivity index (χ3v) is 4.37. The van der Waals surface area contributed by atoms with E-state index in [9.17, 15) is 4.79 Å². The minimum Gasteiger partial charge on any atom is -0.356 e. The molecule has 2 unspecified atom stereocenters. The maximum atomic E-state index is 11.6. The monoisotopic (exact) mass is 275 g/mol. The van der Waals surface area contributed by atoms with Crippen LogP contribution < -0.4 is 5.32 Å². The van der Waals surface area contributed by atoms with Crippen molar-refractivity contribution < 1.29 is 4.79 Å². The Morgan fingerprint density at radius 2 is 2.20 bits per heavy atom. The highest BCUT2D eigenvalue weighted by molar-refractivity contribution is 9.09. The molecule has 2 atom stereocenters. The molecule has 0 aromatic carbocycles. The van der Waals surface area contributed by atoms with Crippen LogP contribution in [0.2, 0.25) is 0 Å². The number of carbonyl (C=O) groups is 1. The van der Waals surface area contributed by atoms with Gasteiger partial charge in [-0.25, -0.2) is 0 Å². The smallest absolute Gasteiger partial charge is 0.223 e. The molecule has 2 nitrogen and oxygen atoms in total. The summed E-state index contributed by atoms with van der Waals surface area (Å²) in [5.74, 6) is 1.23. The van der Waals surface area contributed by atoms with Crippen molar-refractivity contribution in [2.45, 2.75) is 40.0 Å². The summed E-state index contributed by atoms with van der Waals surface area (Å²) < 4.78 is 0. The molecule has 0 saturated heterocycles. The Morgan fingerprint density at radius 3 is 2.67 bits per heavy atom. The molecule has 0 bridgehead atoms. The minimum atomic E-state index is 0.256. The Morgan fingerprint density at radius 1 is 1.60 bits per heavy atom. The van der Waals surface area contributed by atoms with E-state index < -0.39 is 0 Å². The Labute approximate surface area is 101 Å². The number of amides is 1. The van der Waals surface area contributed by atoms with E-state index >= 15 is 0 Å². The van der Waals surface area contributed by atoms with Gasteiger partial charge in [-0.15, -0.1) is 0 Å². The number of alkyl halides is 1. The zero-order valence-corrected chi connectivity index (χ0v) is 11.6. The molecule has 88 valence electrons. The lowest BCUT2D eigenvalue weighted by Gasteiger charge is -2.09. The summed E-state index contributed by atoms with van der Waals surface area (Å²) in [7, 11) is 0. The molecule has 1 fully saturated rings. The van der Waals surface area contributed by atoms with Crippen molar-refractivity contribution >= 4 is 21.8 Å². The molecule has 0 spiro atoms. The van der Waals surface area contributed by atoms with Crippen molar-refractivity contribution in [1.29, 1.82) is 0 Å². The Kier molecular flexibility index (Phi) is 4.63. The molecular formula is C12H22BrNO. The fourth-order valence-electron chi connectivity index (χ4n) is 1.78. The molecule has 0 aliphatic heterocycles. The van der Waals surface area contributed by atoms with E-state index in [1.54, 1.807) is 0 Å². The summed E-state index contributed by atoms with van der Waals surface area (Å²) in [5, 5.41) is 4.08. The van der Waals surface area contributed by atoms with Crippen LogP contribution >= 0.6 is 15.9 Å². The summed E-state index contributed by atoms with van der Waals surface area (Å²) in [6.07, 6.45) is 3.32. The molecule has 0 aromatic rings. The predicted octanol–water partition coefficient (Wildman–Crippen LogP) is 2.96. The fraction of sp³-hybridized carbons (Fsp3) is 0.917. The molecule has 1 N–H and O–H groups in total. The van der Waals surface area contributed by atoms with Gasteiger partial charge >= 0.3 is 0 Å². The van der Waals surface area contributed by atoms with Crippen molar-refractivity contribution in [3.63, 3.8) is 0 Å². The number of rotatable bonds is 6. The molecule has 1 saturated carbocycles. The summed E-state index contributed by atoms with van der Waals surface area (Å²) in [4.78, 5) is 11.6. The second-order valence-corrected chi connectivity index (χ2v) is 6.09. The topological polar surface area (TPSA) is 29.1 Å². The number of carbonyl (C=O) groups excluding carboxylic acids is 1. The molecule has 1 amide bonds. The SMILES string of the molecule is CC(CBr)CCCNC(=O)C1CC1(C)C. The van der Waals surface area contributed by atoms with E-state index in [0.29, 0.717) is 5.92 Å². The Hall–Kier alpha value is -0.0500. The Balaban J connectivity index is 2.04. The van der Waals surface area contributed by atoms with Crippen molar-refractivity contribution in [1.82, 2.24) is 5.32 Å². The number of hydrogen-bond acceptors (Lipinski definition) is 1. The highest BCUT2D eigenvalue weighted by atomic mass is 79.9. The van der Waals surface area contributed by atoms with Gasteiger partial charge in [0.15, 0.2) is 0 Å². The van der Waals surface area contributed by atoms with E-state index in [2.05, 4.69) is 42.0 Å². The molecule has 1 aliphatic rings. The van der Waals surface area contributed by atoms with Crippen molar-refractivity contribution in [3.05, 3.63) is 0 Å². The fourth-order valence-corrected chi connectivity index (χ4v) is 2.10. The van der Waals surface area contributed by atoms with Crippen LogP contribution in [0.4, 0.5) is 0 Å². The molecule has 0 radical (unpaired) electrons. The van der Waals surface area contributed by atoms with Crippen LogP contribution in [-0.4, -0.2) is 17.8 Å². The highest BCUT2D eigenvalue weighted by Crippen LogP contribution is 2.51. The first-order valence-corrected chi connectivity index (χ1v) is 6.93. The van der Waals surface area contributed by atoms with Gasteiger partial charge in [-0.3, -0.25) is 4.79 Å². The second-order valence-electron chi connectivity index (χ2n) is 5.44. The number of hydrogen-bond donors (Lipinski definition) is 1. The van der Waals surface area contributed by atoms with Gasteiger partial charge < -0.3 is 5.32 Å². The summed E-state index contributed by atoms with van der Waals surface area (Å²) in [6, 6.07) is 0. The predicted molar refractivity (Wildman–Crippen MR) is 67.1 cm³/mol. The van der Waals surface area contributed by atoms with Crippen LogP contribution in [0.1, 0.15) is 40.0 Å². The van der Waals surface area contributed by atoms with Gasteiger partial charge in [-0.05, 0) is 30.6 Å². The second kappa shape index (κ2) is 5.33. The Bertz CT molecular complexity index is 228. The highest BCUT2D eigenvalue weighted by Gasteiger charge is 2.50. The first-order valence-electron chi connectivity index (χ1n) is 5.81. The van der Waals surface area contributed by atoms with Gasteiger partial charge in [0.25, 0.3) is 0 Å². The normalized spacial score (nSPS) is 24.7. The summed E-state index contributed by atoms with van der Waals surface area (Å²) in [5.41, 5.74) is 0.257. The third-order valence-electron chi connectivity index (χ3n) is 3.27. The maximum Gasteiger partial charge on any atom is 0.223 e. The minimum absolute atomic E-state index is 0.256. The van der Waals surface area contributed by atoms with Crippen LogP contribution in [0.5, 0.6) is 0 Å². The van der Waals surface area contributed by atoms with Gasteiger partial charge in [0.1, 0.15) is 0 Å². The quantitative estimate of drug-likeness (QED) is 0.586. The molecule has 0 aromatic heterocycles. The average Bonchev–Trinajstić information content (AvgIpc) is 2.82. The first-order chi connectivity index (χ1) is 6.97. The third kappa shape index (κ3) is 4.13. The molecular weight excluding hydrogens is 254 g/mol. The van der Waals surface area contributed by atoms with Gasteiger partial charge in [-0.1, -0.05) is 36.7 Å².